The van der Waals surface area contributed by atoms with Crippen molar-refractivity contribution in [1.29, 1.82) is 0 Å². The fraction of sp³-hybridized carbons (Fsp3) is 0.200. The third-order valence-corrected chi connectivity index (χ3v) is 6.28. The highest BCUT2D eigenvalue weighted by atomic mass is 79.9. The zero-order valence-electron chi connectivity index (χ0n) is 17.3. The van der Waals surface area contributed by atoms with Gasteiger partial charge in [0.15, 0.2) is 0 Å². The quantitative estimate of drug-likeness (QED) is 0.366. The number of aryl methyl sites for hydroxylation is 2. The Morgan fingerprint density at radius 1 is 1.10 bits per heavy atom. The van der Waals surface area contributed by atoms with Crippen LogP contribution >= 0.6 is 15.9 Å². The van der Waals surface area contributed by atoms with E-state index in [1.54, 1.807) is 18.2 Å². The second-order valence-corrected chi connectivity index (χ2v) is 8.33. The van der Waals surface area contributed by atoms with Gasteiger partial charge in [-0.1, -0.05) is 61.9 Å². The van der Waals surface area contributed by atoms with Crippen molar-refractivity contribution in [3.63, 3.8) is 0 Å². The number of imidazole rings is 1. The number of aromatic nitrogens is 2. The molecule has 0 saturated heterocycles. The first kappa shape index (κ1) is 21.3. The van der Waals surface area contributed by atoms with Gasteiger partial charge in [-0.05, 0) is 63.7 Å². The summed E-state index contributed by atoms with van der Waals surface area (Å²) in [6.07, 6.45) is 0.986. The number of carbonyl (C=O) groups is 1. The SMILES string of the molecule is CCCc1nc2c(C)ccc(C(O)c3ccc(-c4ccccc4C(=O)O)cc3)n2c1Br. The van der Waals surface area contributed by atoms with E-state index in [1.807, 2.05) is 53.8 Å². The summed E-state index contributed by atoms with van der Waals surface area (Å²) in [5, 5.41) is 20.6. The van der Waals surface area contributed by atoms with Gasteiger partial charge in [0.2, 0.25) is 0 Å². The predicted molar refractivity (Wildman–Crippen MR) is 125 cm³/mol. The number of aliphatic hydroxyl groups excluding tert-OH is 1. The number of carboxylic acid groups (broad SMARTS) is 1. The average molecular weight is 479 g/mol. The van der Waals surface area contributed by atoms with Crippen molar-refractivity contribution in [2.75, 3.05) is 0 Å². The van der Waals surface area contributed by atoms with Crippen LogP contribution in [0.3, 0.4) is 0 Å². The molecule has 2 heterocycles. The molecule has 0 amide bonds. The topological polar surface area (TPSA) is 74.8 Å². The molecule has 0 aliphatic heterocycles. The van der Waals surface area contributed by atoms with E-state index in [9.17, 15) is 15.0 Å². The van der Waals surface area contributed by atoms with Gasteiger partial charge >= 0.3 is 5.97 Å². The third-order valence-electron chi connectivity index (χ3n) is 5.46. The van der Waals surface area contributed by atoms with Crippen molar-refractivity contribution in [1.82, 2.24) is 9.38 Å². The van der Waals surface area contributed by atoms with Crippen LogP contribution in [0.2, 0.25) is 0 Å². The number of benzene rings is 2. The molecule has 0 aliphatic carbocycles. The fourth-order valence-corrected chi connectivity index (χ4v) is 4.51. The van der Waals surface area contributed by atoms with Gasteiger partial charge in [-0.25, -0.2) is 9.78 Å². The normalized spacial score (nSPS) is 12.3. The van der Waals surface area contributed by atoms with Crippen LogP contribution in [0.4, 0.5) is 0 Å². The second kappa shape index (κ2) is 8.65. The lowest BCUT2D eigenvalue weighted by molar-refractivity contribution is 0.0697. The molecule has 4 aromatic rings. The van der Waals surface area contributed by atoms with Crippen molar-refractivity contribution in [2.24, 2.45) is 0 Å². The van der Waals surface area contributed by atoms with Gasteiger partial charge < -0.3 is 10.2 Å². The van der Waals surface area contributed by atoms with Crippen molar-refractivity contribution < 1.29 is 15.0 Å². The average Bonchev–Trinajstić information content (AvgIpc) is 3.11. The van der Waals surface area contributed by atoms with E-state index >= 15 is 0 Å². The lowest BCUT2D eigenvalue weighted by Crippen LogP contribution is -2.07. The van der Waals surface area contributed by atoms with E-state index < -0.39 is 12.1 Å². The Labute approximate surface area is 189 Å². The largest absolute Gasteiger partial charge is 0.478 e. The number of aliphatic hydroxyl groups is 1. The minimum Gasteiger partial charge on any atom is -0.478 e. The maximum absolute atomic E-state index is 11.5. The zero-order valence-corrected chi connectivity index (χ0v) is 18.9. The number of hydrogen-bond donors (Lipinski definition) is 2. The van der Waals surface area contributed by atoms with Gasteiger partial charge in [-0.2, -0.15) is 0 Å². The lowest BCUT2D eigenvalue weighted by atomic mass is 9.97. The maximum atomic E-state index is 11.5. The van der Waals surface area contributed by atoms with Gasteiger partial charge in [0.05, 0.1) is 17.0 Å². The van der Waals surface area contributed by atoms with E-state index in [4.69, 9.17) is 4.98 Å². The molecular formula is C25H23BrN2O3. The van der Waals surface area contributed by atoms with Crippen LogP contribution in [-0.2, 0) is 6.42 Å². The summed E-state index contributed by atoms with van der Waals surface area (Å²) in [7, 11) is 0. The van der Waals surface area contributed by atoms with Crippen molar-refractivity contribution in [3.8, 4) is 11.1 Å². The molecule has 0 fully saturated rings. The van der Waals surface area contributed by atoms with E-state index in [0.717, 1.165) is 51.2 Å². The van der Waals surface area contributed by atoms with E-state index in [2.05, 4.69) is 22.9 Å². The number of hydrogen-bond acceptors (Lipinski definition) is 3. The number of pyridine rings is 1. The number of carboxylic acids is 1. The molecule has 0 bridgehead atoms. The maximum Gasteiger partial charge on any atom is 0.336 e. The Morgan fingerprint density at radius 2 is 1.81 bits per heavy atom. The summed E-state index contributed by atoms with van der Waals surface area (Å²) in [5.41, 5.74) is 5.99. The molecule has 0 radical (unpaired) electrons. The van der Waals surface area contributed by atoms with Gasteiger partial charge in [-0.15, -0.1) is 0 Å². The molecule has 0 saturated carbocycles. The van der Waals surface area contributed by atoms with E-state index in [-0.39, 0.29) is 5.56 Å². The smallest absolute Gasteiger partial charge is 0.336 e. The number of fused-ring (bicyclic) bond motifs is 1. The van der Waals surface area contributed by atoms with Crippen LogP contribution in [0.15, 0.2) is 65.3 Å². The summed E-state index contributed by atoms with van der Waals surface area (Å²) in [6, 6.07) is 18.2. The molecule has 1 atom stereocenters. The Morgan fingerprint density at radius 3 is 2.48 bits per heavy atom. The Bertz CT molecular complexity index is 1260. The van der Waals surface area contributed by atoms with Gasteiger partial charge in [0.1, 0.15) is 16.4 Å². The summed E-state index contributed by atoms with van der Waals surface area (Å²) < 4.78 is 2.84. The molecule has 6 heteroatoms. The van der Waals surface area contributed by atoms with Gasteiger partial charge in [0.25, 0.3) is 0 Å². The van der Waals surface area contributed by atoms with Crippen LogP contribution in [0.5, 0.6) is 0 Å². The number of halogens is 1. The van der Waals surface area contributed by atoms with Crippen LogP contribution in [-0.4, -0.2) is 25.6 Å². The highest BCUT2D eigenvalue weighted by Crippen LogP contribution is 2.31. The molecule has 0 spiro atoms. The van der Waals surface area contributed by atoms with Crippen molar-refractivity contribution in [3.05, 3.63) is 93.3 Å². The molecule has 0 aliphatic rings. The fourth-order valence-electron chi connectivity index (χ4n) is 3.85. The molecule has 2 N–H and O–H groups in total. The van der Waals surface area contributed by atoms with Crippen LogP contribution in [0.1, 0.15) is 52.3 Å². The number of aromatic carboxylic acids is 1. The molecule has 1 unspecified atom stereocenters. The third kappa shape index (κ3) is 3.89. The summed E-state index contributed by atoms with van der Waals surface area (Å²) in [4.78, 5) is 16.3. The molecule has 31 heavy (non-hydrogen) atoms. The second-order valence-electron chi connectivity index (χ2n) is 7.57. The van der Waals surface area contributed by atoms with Gasteiger partial charge in [-0.3, -0.25) is 4.40 Å². The minimum absolute atomic E-state index is 0.252. The highest BCUT2D eigenvalue weighted by molar-refractivity contribution is 9.10. The summed E-state index contributed by atoms with van der Waals surface area (Å²) in [6.45, 7) is 4.12. The molecule has 4 rings (SSSR count). The molecular weight excluding hydrogens is 456 g/mol. The molecule has 5 nitrogen and oxygen atoms in total. The monoisotopic (exact) mass is 478 g/mol. The van der Waals surface area contributed by atoms with Crippen molar-refractivity contribution >= 4 is 27.5 Å². The molecule has 2 aromatic carbocycles. The van der Waals surface area contributed by atoms with E-state index in [1.165, 1.54) is 0 Å². The first-order chi connectivity index (χ1) is 14.9. The number of rotatable bonds is 6. The lowest BCUT2D eigenvalue weighted by Gasteiger charge is -2.16. The molecule has 2 aromatic heterocycles. The Balaban J connectivity index is 1.74. The summed E-state index contributed by atoms with van der Waals surface area (Å²) in [5.74, 6) is -0.963. The Kier molecular flexibility index (Phi) is 5.94. The van der Waals surface area contributed by atoms with Crippen molar-refractivity contribution in [2.45, 2.75) is 32.8 Å². The van der Waals surface area contributed by atoms with Gasteiger partial charge in [0, 0.05) is 0 Å². The first-order valence-corrected chi connectivity index (χ1v) is 11.0. The minimum atomic E-state index is -0.963. The number of nitrogens with zero attached hydrogens (tertiary/aromatic N) is 2. The van der Waals surface area contributed by atoms with Crippen LogP contribution in [0.25, 0.3) is 16.8 Å². The highest BCUT2D eigenvalue weighted by Gasteiger charge is 2.20. The van der Waals surface area contributed by atoms with Crippen LogP contribution < -0.4 is 0 Å². The summed E-state index contributed by atoms with van der Waals surface area (Å²) >= 11 is 3.68. The van der Waals surface area contributed by atoms with E-state index in [0.29, 0.717) is 5.56 Å². The first-order valence-electron chi connectivity index (χ1n) is 10.2. The Hall–Kier alpha value is -2.96. The zero-order chi connectivity index (χ0) is 22.1. The van der Waals surface area contributed by atoms with Crippen LogP contribution in [0, 0.1) is 6.92 Å². The standard InChI is InChI=1S/C25H23BrN2O3/c1-3-6-20-23(26)28-21(14-9-15(2)24(28)27-20)22(29)17-12-10-16(11-13-17)18-7-4-5-8-19(18)25(30)31/h4-5,7-14,22,29H,3,6H2,1-2H3,(H,30,31). The molecule has 158 valence electrons. The predicted octanol–water partition coefficient (Wildman–Crippen LogP) is 5.80.